The molecular weight excluding hydrogens is 1190 g/mol. The summed E-state index contributed by atoms with van der Waals surface area (Å²) >= 11 is 0. The molecule has 83 heavy (non-hydrogen) atoms. The molecule has 0 atom stereocenters. The molecule has 0 fully saturated rings. The van der Waals surface area contributed by atoms with Crippen LogP contribution in [0, 0.1) is 18.5 Å². The number of imidazole rings is 1. The molecule has 3 aliphatic rings. The van der Waals surface area contributed by atoms with Crippen LogP contribution in [0.15, 0.2) is 247 Å². The Morgan fingerprint density at radius 3 is 1.78 bits per heavy atom. The van der Waals surface area contributed by atoms with Crippen molar-refractivity contribution in [1.29, 1.82) is 0 Å². The molecule has 10 bridgehead atoms. The smallest absolute Gasteiger partial charge is 0.268 e. The van der Waals surface area contributed by atoms with Crippen molar-refractivity contribution < 1.29 is 30.0 Å². The van der Waals surface area contributed by atoms with Crippen molar-refractivity contribution >= 4 is 141 Å². The number of hydrogen-bond acceptors (Lipinski definition) is 2. The predicted molar refractivity (Wildman–Crippen MR) is 340 cm³/mol. The number of rotatable bonds is 1. The Hall–Kier alpha value is -9.87. The monoisotopic (exact) mass is 1240 g/mol. The van der Waals surface area contributed by atoms with E-state index in [1.54, 1.807) is 0 Å². The van der Waals surface area contributed by atoms with Crippen LogP contribution in [0.5, 0.6) is 0 Å². The molecule has 396 valence electrons. The Morgan fingerprint density at radius 1 is 0.434 bits per heavy atom. The molecule has 4 aromatic heterocycles. The molecule has 11 aromatic carbocycles. The normalized spacial score (nSPS) is 12.2. The number of hydrogen-bond donors (Lipinski definition) is 0. The number of nitrogens with zero attached hydrogens (tertiary/aromatic N) is 5. The molecule has 6 nitrogen and oxygen atoms in total. The minimum Gasteiger partial charge on any atom is -0.509 e. The van der Waals surface area contributed by atoms with Gasteiger partial charge in [-0.25, -0.2) is 4.98 Å². The minimum absolute atomic E-state index is 0. The molecule has 0 amide bonds. The Bertz CT molecular complexity index is 5780. The van der Waals surface area contributed by atoms with E-state index in [2.05, 4.69) is 288 Å². The van der Waals surface area contributed by atoms with E-state index in [4.69, 9.17) is 9.40 Å². The average Bonchev–Trinajstić information content (AvgIpc) is 2.65. The molecule has 0 N–H and O–H groups in total. The van der Waals surface area contributed by atoms with E-state index in [-0.39, 0.29) is 26.5 Å². The van der Waals surface area contributed by atoms with Gasteiger partial charge in [-0.3, -0.25) is 4.57 Å². The van der Waals surface area contributed by atoms with Crippen molar-refractivity contribution in [3.05, 3.63) is 267 Å². The van der Waals surface area contributed by atoms with Crippen LogP contribution in [0.4, 0.5) is 0 Å². The van der Waals surface area contributed by atoms with Gasteiger partial charge in [0.25, 0.3) is 6.33 Å². The summed E-state index contributed by atoms with van der Waals surface area (Å²) in [4.78, 5) is 5.05. The molecule has 7 heterocycles. The van der Waals surface area contributed by atoms with Crippen molar-refractivity contribution in [2.24, 2.45) is 0 Å². The van der Waals surface area contributed by atoms with E-state index in [0.717, 1.165) is 120 Å². The molecule has 0 aliphatic carbocycles. The molecule has 0 saturated heterocycles. The zero-order valence-corrected chi connectivity index (χ0v) is 47.8. The number of fused-ring (bicyclic) bond motifs is 10. The predicted octanol–water partition coefficient (Wildman–Crippen LogP) is 19.0. The first-order valence-corrected chi connectivity index (χ1v) is 28.0. The summed E-state index contributed by atoms with van der Waals surface area (Å²) in [5, 5.41) is 17.6. The van der Waals surface area contributed by atoms with Gasteiger partial charge in [-0.1, -0.05) is 201 Å². The topological polar surface area (TPSA) is 43.7 Å². The summed E-state index contributed by atoms with van der Waals surface area (Å²) in [5.74, 6) is 0.823. The van der Waals surface area contributed by atoms with Gasteiger partial charge in [-0.2, -0.15) is 18.2 Å². The number of benzene rings is 11. The molecule has 0 saturated carbocycles. The molecule has 3 aliphatic heterocycles. The quantitative estimate of drug-likeness (QED) is 0.121. The number of aromatic nitrogens is 5. The second kappa shape index (κ2) is 18.6. The van der Waals surface area contributed by atoms with Gasteiger partial charge in [0, 0.05) is 60.2 Å². The van der Waals surface area contributed by atoms with Crippen molar-refractivity contribution in [3.8, 4) is 11.5 Å². The zero-order chi connectivity index (χ0) is 54.4. The maximum absolute atomic E-state index is 7.39. The molecule has 15 aromatic rings. The maximum atomic E-state index is 7.39. The Balaban J connectivity index is 0.00000565. The third kappa shape index (κ3) is 7.46. The maximum Gasteiger partial charge on any atom is 0.268 e. The second-order valence-corrected chi connectivity index (χ2v) is 22.7. The first kappa shape index (κ1) is 49.0. The van der Waals surface area contributed by atoms with E-state index in [1.807, 2.05) is 12.3 Å². The van der Waals surface area contributed by atoms with E-state index < -0.39 is 0 Å². The average molecular weight is 1240 g/mol. The van der Waals surface area contributed by atoms with Crippen molar-refractivity contribution in [2.45, 2.75) is 26.2 Å². The summed E-state index contributed by atoms with van der Waals surface area (Å²) < 4.78 is 16.5. The first-order valence-electron chi connectivity index (χ1n) is 28.0. The van der Waals surface area contributed by atoms with Gasteiger partial charge >= 0.3 is 0 Å². The van der Waals surface area contributed by atoms with Gasteiger partial charge in [-0.15, -0.1) is 23.6 Å². The summed E-state index contributed by atoms with van der Waals surface area (Å²) in [7, 11) is 0. The number of para-hydroxylation sites is 4. The Labute approximate surface area is 491 Å². The van der Waals surface area contributed by atoms with Crippen LogP contribution < -0.4 is 4.57 Å². The van der Waals surface area contributed by atoms with Gasteiger partial charge in [0.15, 0.2) is 0 Å². The fourth-order valence-electron chi connectivity index (χ4n) is 13.2. The summed E-state index contributed by atoms with van der Waals surface area (Å²) in [6.45, 7) is 6.73. The van der Waals surface area contributed by atoms with Crippen LogP contribution in [0.3, 0.4) is 0 Å². The first-order chi connectivity index (χ1) is 40.3. The van der Waals surface area contributed by atoms with Crippen LogP contribution in [-0.4, -0.2) is 18.4 Å². The van der Waals surface area contributed by atoms with Crippen LogP contribution in [-0.2, 0) is 26.5 Å². The molecule has 7 heteroatoms. The SMILES string of the molecule is CC(C)(C)c1ccnc(-n2c3[c-]c4oc5[c-]c(ccc5)n5[c-][n+]6c7c(cccc75)c5ccccc5c5ccccc5c5cccc(c5-6)c5cccc(c5)n5c6ccccc6c6cc(ccc65)c5ccccc5c4cc3c3ccccc32)c1.[Pt]. The van der Waals surface area contributed by atoms with E-state index in [9.17, 15) is 0 Å². The fourth-order valence-corrected chi connectivity index (χ4v) is 13.2. The fraction of sp³-hybridized carbons (Fsp3) is 0.0526. The summed E-state index contributed by atoms with van der Waals surface area (Å²) in [5.41, 5.74) is 11.3. The molecule has 18 rings (SSSR count). The van der Waals surface area contributed by atoms with E-state index in [0.29, 0.717) is 11.2 Å². The van der Waals surface area contributed by atoms with Gasteiger partial charge in [0.1, 0.15) is 5.82 Å². The van der Waals surface area contributed by atoms with Crippen LogP contribution in [0.25, 0.3) is 153 Å². The van der Waals surface area contributed by atoms with Crippen LogP contribution >= 0.6 is 0 Å². The Morgan fingerprint density at radius 2 is 1.01 bits per heavy atom. The van der Waals surface area contributed by atoms with E-state index in [1.165, 1.54) is 27.1 Å². The van der Waals surface area contributed by atoms with Crippen LogP contribution in [0.2, 0.25) is 0 Å². The van der Waals surface area contributed by atoms with Crippen molar-refractivity contribution in [1.82, 2.24) is 18.4 Å². The van der Waals surface area contributed by atoms with Gasteiger partial charge < -0.3 is 17.8 Å². The van der Waals surface area contributed by atoms with Gasteiger partial charge in [0.05, 0.1) is 27.8 Å². The minimum atomic E-state index is -0.0918. The zero-order valence-electron chi connectivity index (χ0n) is 45.6. The standard InChI is InChI=1S/C76H49N5O.Pt/c1-76(2,3)49-38-39-77-73(42-49)81-68-34-13-11-29-61(68)65-44-66-55-23-5-4-22-53(55)48-36-37-69-64(41-48)60-28-10-12-33-67(60)80(69)51-20-14-18-47(40-51)54-30-16-31-62-58-26-8-6-24-56(58)57-25-7-9-27-59(57)63-32-17-35-70-75(63)79(74(54)62)46-78(70)50-19-15-21-52(43-50)82-72(66)45-71(65)81;/h4-42,44H,1-3H3;/q-2;. The Kier molecular flexibility index (Phi) is 11.0. The van der Waals surface area contributed by atoms with Crippen molar-refractivity contribution in [3.63, 3.8) is 0 Å². The van der Waals surface area contributed by atoms with Crippen LogP contribution in [0.1, 0.15) is 26.3 Å². The molecule has 0 radical (unpaired) electrons. The summed E-state index contributed by atoms with van der Waals surface area (Å²) in [6.07, 6.45) is 5.92. The molecule has 0 spiro atoms. The summed E-state index contributed by atoms with van der Waals surface area (Å²) in [6, 6.07) is 93.7. The third-order valence-electron chi connectivity index (χ3n) is 17.0. The second-order valence-electron chi connectivity index (χ2n) is 22.7. The van der Waals surface area contributed by atoms with Gasteiger partial charge in [-0.05, 0) is 124 Å². The number of pyridine rings is 1. The van der Waals surface area contributed by atoms with E-state index >= 15 is 0 Å². The van der Waals surface area contributed by atoms with Crippen molar-refractivity contribution in [2.75, 3.05) is 0 Å². The third-order valence-corrected chi connectivity index (χ3v) is 17.0. The molecule has 0 unspecified atom stereocenters. The largest absolute Gasteiger partial charge is 0.509 e. The molecular formula is C76H49N5OPt-2. The van der Waals surface area contributed by atoms with Gasteiger partial charge in [0.2, 0.25) is 0 Å².